The van der Waals surface area contributed by atoms with E-state index in [1.165, 1.54) is 0 Å². The summed E-state index contributed by atoms with van der Waals surface area (Å²) in [6.45, 7) is 12.4. The minimum atomic E-state index is -0.00403. The average molecular weight is 238 g/mol. The number of nitrogens with one attached hydrogen (secondary N) is 1. The van der Waals surface area contributed by atoms with Crippen LogP contribution in [0, 0.1) is 11.3 Å². The normalized spacial score (nSPS) is 21.1. The second kappa shape index (κ2) is 6.34. The smallest absolute Gasteiger partial charge is 0.0962 e. The van der Waals surface area contributed by atoms with Crippen LogP contribution in [-0.4, -0.2) is 61.2 Å². The van der Waals surface area contributed by atoms with Crippen molar-refractivity contribution in [1.29, 1.82) is 5.26 Å². The van der Waals surface area contributed by atoms with E-state index in [2.05, 4.69) is 42.0 Å². The number of piperazine rings is 1. The molecule has 0 aromatic carbocycles. The fraction of sp³-hybridized carbons (Fsp3) is 0.923. The number of nitriles is 1. The van der Waals surface area contributed by atoms with Crippen LogP contribution in [0.2, 0.25) is 0 Å². The van der Waals surface area contributed by atoms with E-state index in [9.17, 15) is 0 Å². The molecule has 0 radical (unpaired) electrons. The Hall–Kier alpha value is -0.630. The van der Waals surface area contributed by atoms with Gasteiger partial charge in [-0.3, -0.25) is 4.90 Å². The summed E-state index contributed by atoms with van der Waals surface area (Å²) >= 11 is 0. The van der Waals surface area contributed by atoms with Gasteiger partial charge >= 0.3 is 0 Å². The molecule has 1 atom stereocenters. The Morgan fingerprint density at radius 1 is 1.24 bits per heavy atom. The topological polar surface area (TPSA) is 42.3 Å². The van der Waals surface area contributed by atoms with Gasteiger partial charge in [-0.15, -0.1) is 0 Å². The Labute approximate surface area is 106 Å². The predicted molar refractivity (Wildman–Crippen MR) is 70.8 cm³/mol. The Bertz CT molecular complexity index is 256. The zero-order valence-electron chi connectivity index (χ0n) is 11.7. The summed E-state index contributed by atoms with van der Waals surface area (Å²) in [7, 11) is 1.85. The Balaban J connectivity index is 2.26. The fourth-order valence-electron chi connectivity index (χ4n) is 2.23. The number of nitrogens with zero attached hydrogens (tertiary/aromatic N) is 3. The predicted octanol–water partition coefficient (Wildman–Crippen LogP) is 0.904. The van der Waals surface area contributed by atoms with Crippen molar-refractivity contribution in [1.82, 2.24) is 15.1 Å². The van der Waals surface area contributed by atoms with Gasteiger partial charge in [0.05, 0.1) is 12.1 Å². The first-order valence-electron chi connectivity index (χ1n) is 6.51. The van der Waals surface area contributed by atoms with Crippen molar-refractivity contribution in [2.24, 2.45) is 0 Å². The first-order chi connectivity index (χ1) is 7.97. The van der Waals surface area contributed by atoms with E-state index >= 15 is 0 Å². The second-order valence-electron chi connectivity index (χ2n) is 5.76. The molecule has 0 aliphatic carbocycles. The molecule has 98 valence electrons. The van der Waals surface area contributed by atoms with E-state index in [0.29, 0.717) is 0 Å². The molecular formula is C13H26N4. The lowest BCUT2D eigenvalue weighted by molar-refractivity contribution is 0.0613. The maximum Gasteiger partial charge on any atom is 0.0962 e. The third-order valence-electron chi connectivity index (χ3n) is 3.56. The van der Waals surface area contributed by atoms with Gasteiger partial charge < -0.3 is 10.2 Å². The largest absolute Gasteiger partial charge is 0.305 e. The highest BCUT2D eigenvalue weighted by molar-refractivity contribution is 4.90. The van der Waals surface area contributed by atoms with E-state index in [1.807, 2.05) is 7.05 Å². The number of hydrogen-bond donors (Lipinski definition) is 1. The molecule has 0 aromatic heterocycles. The van der Waals surface area contributed by atoms with Crippen LogP contribution in [0.1, 0.15) is 27.2 Å². The van der Waals surface area contributed by atoms with Crippen molar-refractivity contribution in [2.75, 3.05) is 39.8 Å². The summed E-state index contributed by atoms with van der Waals surface area (Å²) in [6, 6.07) is 2.27. The molecule has 1 saturated heterocycles. The monoisotopic (exact) mass is 238 g/mol. The van der Waals surface area contributed by atoms with E-state index < -0.39 is 0 Å². The van der Waals surface area contributed by atoms with Crippen molar-refractivity contribution in [3.8, 4) is 6.07 Å². The van der Waals surface area contributed by atoms with Crippen molar-refractivity contribution in [3.63, 3.8) is 0 Å². The SMILES string of the molecule is CNC(C#N)CCN1CCN(C(C)(C)C)CC1. The number of rotatable bonds is 4. The second-order valence-corrected chi connectivity index (χ2v) is 5.76. The molecule has 0 amide bonds. The molecule has 17 heavy (non-hydrogen) atoms. The molecule has 1 aliphatic rings. The van der Waals surface area contributed by atoms with Crippen molar-refractivity contribution in [3.05, 3.63) is 0 Å². The molecule has 1 rings (SSSR count). The summed E-state index contributed by atoms with van der Waals surface area (Å²) in [4.78, 5) is 4.99. The molecule has 1 aliphatic heterocycles. The highest BCUT2D eigenvalue weighted by Crippen LogP contribution is 2.15. The molecule has 1 heterocycles. The lowest BCUT2D eigenvalue weighted by atomic mass is 10.0. The molecule has 1 N–H and O–H groups in total. The Morgan fingerprint density at radius 3 is 2.24 bits per heavy atom. The molecule has 1 unspecified atom stereocenters. The minimum absolute atomic E-state index is 0.00403. The fourth-order valence-corrected chi connectivity index (χ4v) is 2.23. The molecule has 4 nitrogen and oxygen atoms in total. The van der Waals surface area contributed by atoms with Crippen LogP contribution >= 0.6 is 0 Å². The quantitative estimate of drug-likeness (QED) is 0.790. The van der Waals surface area contributed by atoms with Crippen LogP contribution in [0.25, 0.3) is 0 Å². The molecule has 0 saturated carbocycles. The van der Waals surface area contributed by atoms with E-state index in [4.69, 9.17) is 5.26 Å². The van der Waals surface area contributed by atoms with E-state index in [0.717, 1.165) is 39.1 Å². The summed E-state index contributed by atoms with van der Waals surface area (Å²) in [5, 5.41) is 11.9. The zero-order valence-corrected chi connectivity index (χ0v) is 11.7. The third kappa shape index (κ3) is 4.63. The van der Waals surface area contributed by atoms with Gasteiger partial charge in [-0.2, -0.15) is 5.26 Å². The highest BCUT2D eigenvalue weighted by Gasteiger charge is 2.25. The summed E-state index contributed by atoms with van der Waals surface area (Å²) in [5.41, 5.74) is 0.284. The summed E-state index contributed by atoms with van der Waals surface area (Å²) in [6.07, 6.45) is 0.919. The van der Waals surface area contributed by atoms with Crippen molar-refractivity contribution >= 4 is 0 Å². The molecule has 1 fully saturated rings. The van der Waals surface area contributed by atoms with Gasteiger partial charge in [0.15, 0.2) is 0 Å². The van der Waals surface area contributed by atoms with Crippen molar-refractivity contribution < 1.29 is 0 Å². The van der Waals surface area contributed by atoms with Crippen LogP contribution in [-0.2, 0) is 0 Å². The van der Waals surface area contributed by atoms with E-state index in [-0.39, 0.29) is 11.6 Å². The van der Waals surface area contributed by atoms with Gasteiger partial charge in [-0.25, -0.2) is 0 Å². The first-order valence-corrected chi connectivity index (χ1v) is 6.51. The van der Waals surface area contributed by atoms with Crippen LogP contribution < -0.4 is 5.32 Å². The molecule has 0 aromatic rings. The molecule has 4 heteroatoms. The molecular weight excluding hydrogens is 212 g/mol. The lowest BCUT2D eigenvalue weighted by Crippen LogP contribution is -2.53. The van der Waals surface area contributed by atoms with E-state index in [1.54, 1.807) is 0 Å². The minimum Gasteiger partial charge on any atom is -0.305 e. The van der Waals surface area contributed by atoms with Crippen LogP contribution in [0.3, 0.4) is 0 Å². The summed E-state index contributed by atoms with van der Waals surface area (Å²) < 4.78 is 0. The van der Waals surface area contributed by atoms with Crippen LogP contribution in [0.5, 0.6) is 0 Å². The zero-order chi connectivity index (χ0) is 12.9. The van der Waals surface area contributed by atoms with Crippen molar-refractivity contribution in [2.45, 2.75) is 38.8 Å². The maximum absolute atomic E-state index is 8.86. The Morgan fingerprint density at radius 2 is 1.82 bits per heavy atom. The van der Waals surface area contributed by atoms with Crippen LogP contribution in [0.4, 0.5) is 0 Å². The van der Waals surface area contributed by atoms with Gasteiger partial charge in [-0.05, 0) is 34.2 Å². The standard InChI is InChI=1S/C13H26N4/c1-13(2,3)17-9-7-16(8-10-17)6-5-12(11-14)15-4/h12,15H,5-10H2,1-4H3. The summed E-state index contributed by atoms with van der Waals surface area (Å²) in [5.74, 6) is 0. The van der Waals surface area contributed by atoms with Gasteiger partial charge in [0.25, 0.3) is 0 Å². The van der Waals surface area contributed by atoms with Gasteiger partial charge in [0.2, 0.25) is 0 Å². The maximum atomic E-state index is 8.86. The number of hydrogen-bond acceptors (Lipinski definition) is 4. The highest BCUT2D eigenvalue weighted by atomic mass is 15.3. The van der Waals surface area contributed by atoms with Gasteiger partial charge in [-0.1, -0.05) is 0 Å². The van der Waals surface area contributed by atoms with Gasteiger partial charge in [0, 0.05) is 38.3 Å². The third-order valence-corrected chi connectivity index (χ3v) is 3.56. The van der Waals surface area contributed by atoms with Gasteiger partial charge in [0.1, 0.15) is 0 Å². The first kappa shape index (κ1) is 14.4. The molecule has 0 bridgehead atoms. The molecule has 0 spiro atoms. The van der Waals surface area contributed by atoms with Crippen LogP contribution in [0.15, 0.2) is 0 Å². The average Bonchev–Trinajstić information content (AvgIpc) is 2.30. The lowest BCUT2D eigenvalue weighted by Gasteiger charge is -2.42. The Kier molecular flexibility index (Phi) is 5.38.